The van der Waals surface area contributed by atoms with Gasteiger partial charge in [0.2, 0.25) is 0 Å². The lowest BCUT2D eigenvalue weighted by Gasteiger charge is -2.41. The van der Waals surface area contributed by atoms with Gasteiger partial charge in [-0.2, -0.15) is 0 Å². The summed E-state index contributed by atoms with van der Waals surface area (Å²) in [6.07, 6.45) is 10.0. The number of amides is 2. The first kappa shape index (κ1) is 19.9. The smallest absolute Gasteiger partial charge is 0.318 e. The first-order valence-electron chi connectivity index (χ1n) is 9.90. The Bertz CT molecular complexity index is 755. The van der Waals surface area contributed by atoms with Gasteiger partial charge in [-0.05, 0) is 30.2 Å². The number of nitrogens with one attached hydrogen (secondary N) is 1. The number of sulfone groups is 1. The van der Waals surface area contributed by atoms with Crippen LogP contribution >= 0.6 is 0 Å². The predicted octanol–water partition coefficient (Wildman–Crippen LogP) is 3.90. The Hall–Kier alpha value is -1.82. The molecule has 1 aromatic carbocycles. The molecule has 0 spiro atoms. The molecular formula is C21H30N2O3S. The third kappa shape index (κ3) is 5.58. The minimum atomic E-state index is -3.16. The van der Waals surface area contributed by atoms with E-state index in [1.54, 1.807) is 0 Å². The van der Waals surface area contributed by atoms with Crippen LogP contribution in [0.4, 0.5) is 4.79 Å². The highest BCUT2D eigenvalue weighted by atomic mass is 32.2. The minimum Gasteiger partial charge on any atom is -0.334 e. The third-order valence-corrected chi connectivity index (χ3v) is 6.56. The fourth-order valence-corrected chi connectivity index (χ4v) is 5.00. The molecule has 148 valence electrons. The summed E-state index contributed by atoms with van der Waals surface area (Å²) in [5.74, 6) is 1.49. The van der Waals surface area contributed by atoms with Gasteiger partial charge in [-0.1, -0.05) is 62.1 Å². The van der Waals surface area contributed by atoms with Gasteiger partial charge in [0.25, 0.3) is 0 Å². The van der Waals surface area contributed by atoms with Crippen molar-refractivity contribution in [3.8, 4) is 0 Å². The fraction of sp³-hybridized carbons (Fsp3) is 0.571. The molecule has 1 aromatic rings. The van der Waals surface area contributed by atoms with Gasteiger partial charge in [0.15, 0.2) is 9.84 Å². The van der Waals surface area contributed by atoms with E-state index < -0.39 is 9.84 Å². The van der Waals surface area contributed by atoms with Crippen LogP contribution in [0.25, 0.3) is 0 Å². The number of piperidine rings is 1. The molecule has 2 atom stereocenters. The number of likely N-dealkylation sites (tertiary alicyclic amines) is 1. The van der Waals surface area contributed by atoms with E-state index in [1.807, 2.05) is 23.1 Å². The van der Waals surface area contributed by atoms with E-state index in [2.05, 4.69) is 17.4 Å². The van der Waals surface area contributed by atoms with Crippen LogP contribution in [0.15, 0.2) is 41.8 Å². The summed E-state index contributed by atoms with van der Waals surface area (Å²) in [6, 6.07) is 10.2. The first-order chi connectivity index (χ1) is 12.9. The van der Waals surface area contributed by atoms with Crippen molar-refractivity contribution in [1.82, 2.24) is 10.2 Å². The maximum absolute atomic E-state index is 12.8. The van der Waals surface area contributed by atoms with Crippen LogP contribution in [0, 0.1) is 11.8 Å². The molecule has 2 aliphatic rings. The number of carbonyl (C=O) groups is 1. The van der Waals surface area contributed by atoms with Crippen LogP contribution in [0.1, 0.15) is 50.1 Å². The van der Waals surface area contributed by atoms with Crippen molar-refractivity contribution in [2.75, 3.05) is 19.3 Å². The number of benzene rings is 1. The van der Waals surface area contributed by atoms with Crippen molar-refractivity contribution >= 4 is 15.9 Å². The monoisotopic (exact) mass is 390 g/mol. The van der Waals surface area contributed by atoms with Crippen LogP contribution < -0.4 is 5.32 Å². The molecule has 6 heteroatoms. The number of urea groups is 1. The zero-order valence-corrected chi connectivity index (χ0v) is 16.8. The number of hydrogen-bond acceptors (Lipinski definition) is 3. The molecule has 3 rings (SSSR count). The quantitative estimate of drug-likeness (QED) is 0.829. The van der Waals surface area contributed by atoms with Crippen molar-refractivity contribution in [1.29, 1.82) is 0 Å². The molecule has 1 aliphatic heterocycles. The molecular weight excluding hydrogens is 360 g/mol. The Morgan fingerprint density at radius 2 is 1.85 bits per heavy atom. The Labute approximate surface area is 162 Å². The van der Waals surface area contributed by atoms with Crippen molar-refractivity contribution in [2.24, 2.45) is 11.8 Å². The van der Waals surface area contributed by atoms with Gasteiger partial charge in [0.05, 0.1) is 6.04 Å². The van der Waals surface area contributed by atoms with E-state index in [-0.39, 0.29) is 18.6 Å². The van der Waals surface area contributed by atoms with E-state index >= 15 is 0 Å². The molecule has 5 nitrogen and oxygen atoms in total. The molecule has 0 aromatic heterocycles. The molecule has 1 aliphatic carbocycles. The largest absolute Gasteiger partial charge is 0.334 e. The van der Waals surface area contributed by atoms with E-state index in [9.17, 15) is 13.2 Å². The lowest BCUT2D eigenvalue weighted by molar-refractivity contribution is 0.106. The Balaban J connectivity index is 1.68. The van der Waals surface area contributed by atoms with Gasteiger partial charge in [0.1, 0.15) is 0 Å². The number of carbonyl (C=O) groups excluding carboxylic acids is 1. The highest BCUT2D eigenvalue weighted by Crippen LogP contribution is 2.42. The van der Waals surface area contributed by atoms with Crippen molar-refractivity contribution in [3.05, 3.63) is 47.4 Å². The molecule has 1 saturated heterocycles. The normalized spacial score (nSPS) is 24.4. The maximum atomic E-state index is 12.8. The van der Waals surface area contributed by atoms with Gasteiger partial charge in [0, 0.05) is 24.8 Å². The topological polar surface area (TPSA) is 66.5 Å². The van der Waals surface area contributed by atoms with Crippen molar-refractivity contribution in [2.45, 2.75) is 44.6 Å². The lowest BCUT2D eigenvalue weighted by atomic mass is 9.78. The summed E-state index contributed by atoms with van der Waals surface area (Å²) in [5, 5.41) is 3.98. The van der Waals surface area contributed by atoms with E-state index in [0.29, 0.717) is 5.92 Å². The van der Waals surface area contributed by atoms with E-state index in [1.165, 1.54) is 37.3 Å². The Morgan fingerprint density at radius 3 is 2.52 bits per heavy atom. The second kappa shape index (κ2) is 8.91. The van der Waals surface area contributed by atoms with Gasteiger partial charge >= 0.3 is 6.03 Å². The molecule has 0 radical (unpaired) electrons. The fourth-order valence-electron chi connectivity index (χ4n) is 4.55. The lowest BCUT2D eigenvalue weighted by Crippen LogP contribution is -2.47. The summed E-state index contributed by atoms with van der Waals surface area (Å²) in [4.78, 5) is 14.7. The summed E-state index contributed by atoms with van der Waals surface area (Å²) >= 11 is 0. The standard InChI is InChI=1S/C21H30N2O3S/c1-27(25,26)15-7-13-22-21(24)23-14-12-19(17-8-5-6-9-17)16-20(23)18-10-3-2-4-11-18/h2-4,7,10-11,15,17,19-20H,5-6,8-9,12-14,16H2,1H3,(H,22,24)/b15-7+/t19-,20+/m1/s1. The third-order valence-electron chi connectivity index (χ3n) is 5.87. The number of rotatable bonds is 5. The maximum Gasteiger partial charge on any atom is 0.318 e. The molecule has 2 fully saturated rings. The summed E-state index contributed by atoms with van der Waals surface area (Å²) in [6.45, 7) is 0.971. The number of nitrogens with zero attached hydrogens (tertiary/aromatic N) is 1. The van der Waals surface area contributed by atoms with Crippen molar-refractivity contribution in [3.63, 3.8) is 0 Å². The van der Waals surface area contributed by atoms with Crippen LogP contribution in [-0.2, 0) is 9.84 Å². The van der Waals surface area contributed by atoms with Gasteiger partial charge in [-0.15, -0.1) is 0 Å². The summed E-state index contributed by atoms with van der Waals surface area (Å²) < 4.78 is 22.3. The molecule has 27 heavy (non-hydrogen) atoms. The average Bonchev–Trinajstić information content (AvgIpc) is 3.19. The molecule has 1 heterocycles. The van der Waals surface area contributed by atoms with Crippen molar-refractivity contribution < 1.29 is 13.2 Å². The Morgan fingerprint density at radius 1 is 1.15 bits per heavy atom. The molecule has 1 saturated carbocycles. The second-order valence-corrected chi connectivity index (χ2v) is 9.77. The minimum absolute atomic E-state index is 0.0874. The van der Waals surface area contributed by atoms with Gasteiger partial charge in [-0.25, -0.2) is 13.2 Å². The van der Waals surface area contributed by atoms with Crippen LogP contribution in [0.3, 0.4) is 0 Å². The Kier molecular flexibility index (Phi) is 6.58. The average molecular weight is 391 g/mol. The zero-order chi connectivity index (χ0) is 19.3. The second-order valence-electron chi connectivity index (χ2n) is 7.84. The van der Waals surface area contributed by atoms with Crippen LogP contribution in [0.5, 0.6) is 0 Å². The molecule has 2 amide bonds. The summed E-state index contributed by atoms with van der Waals surface area (Å²) in [7, 11) is -3.16. The van der Waals surface area contributed by atoms with Gasteiger partial charge < -0.3 is 10.2 Å². The first-order valence-corrected chi connectivity index (χ1v) is 11.9. The highest BCUT2D eigenvalue weighted by Gasteiger charge is 2.36. The SMILES string of the molecule is CS(=O)(=O)/C=C/CNC(=O)N1CC[C@@H](C2CCCC2)C[C@H]1c1ccccc1. The van der Waals surface area contributed by atoms with Crippen LogP contribution in [0.2, 0.25) is 0 Å². The number of hydrogen-bond donors (Lipinski definition) is 1. The molecule has 0 bridgehead atoms. The molecule has 0 unspecified atom stereocenters. The van der Waals surface area contributed by atoms with Crippen LogP contribution in [-0.4, -0.2) is 38.7 Å². The van der Waals surface area contributed by atoms with Gasteiger partial charge in [-0.3, -0.25) is 0 Å². The zero-order valence-electron chi connectivity index (χ0n) is 16.0. The van der Waals surface area contributed by atoms with E-state index in [0.717, 1.165) is 37.0 Å². The van der Waals surface area contributed by atoms with E-state index in [4.69, 9.17) is 0 Å². The summed E-state index contributed by atoms with van der Waals surface area (Å²) in [5.41, 5.74) is 1.18. The highest BCUT2D eigenvalue weighted by molar-refractivity contribution is 7.93. The molecule has 1 N–H and O–H groups in total. The predicted molar refractivity (Wildman–Crippen MR) is 108 cm³/mol.